The molecular formula is C23H37ClN2O3. The molecule has 2 aliphatic rings. The van der Waals surface area contributed by atoms with Crippen LogP contribution in [0.1, 0.15) is 62.2 Å². The second-order valence-electron chi connectivity index (χ2n) is 7.97. The Morgan fingerprint density at radius 3 is 2.59 bits per heavy atom. The van der Waals surface area contributed by atoms with Gasteiger partial charge in [0.1, 0.15) is 5.75 Å². The minimum atomic E-state index is 0. The number of hydrogen-bond donors (Lipinski definition) is 0. The van der Waals surface area contributed by atoms with E-state index in [2.05, 4.69) is 16.7 Å². The third-order valence-electron chi connectivity index (χ3n) is 5.89. The van der Waals surface area contributed by atoms with Crippen molar-refractivity contribution < 1.29 is 14.3 Å². The number of likely N-dealkylation sites (tertiary alicyclic amines) is 1. The fourth-order valence-corrected chi connectivity index (χ4v) is 4.13. The summed E-state index contributed by atoms with van der Waals surface area (Å²) in [6.45, 7) is 8.57. The zero-order valence-corrected chi connectivity index (χ0v) is 18.6. The Balaban J connectivity index is 0.00000300. The largest absolute Gasteiger partial charge is 0.494 e. The van der Waals surface area contributed by atoms with Gasteiger partial charge in [-0.05, 0) is 56.4 Å². The second kappa shape index (κ2) is 13.1. The molecule has 5 nitrogen and oxygen atoms in total. The molecule has 2 heterocycles. The normalized spacial score (nSPS) is 20.2. The van der Waals surface area contributed by atoms with Gasteiger partial charge in [0.25, 0.3) is 5.91 Å². The van der Waals surface area contributed by atoms with Crippen molar-refractivity contribution in [3.05, 3.63) is 29.8 Å². The summed E-state index contributed by atoms with van der Waals surface area (Å²) in [6, 6.07) is 8.07. The van der Waals surface area contributed by atoms with Crippen LogP contribution in [0.3, 0.4) is 0 Å². The van der Waals surface area contributed by atoms with Gasteiger partial charge in [-0.2, -0.15) is 0 Å². The first-order valence-corrected chi connectivity index (χ1v) is 11.1. The predicted molar refractivity (Wildman–Crippen MR) is 119 cm³/mol. The smallest absolute Gasteiger partial charge is 0.254 e. The minimum absolute atomic E-state index is 0. The van der Waals surface area contributed by atoms with Crippen molar-refractivity contribution in [1.29, 1.82) is 0 Å². The fourth-order valence-electron chi connectivity index (χ4n) is 4.13. The van der Waals surface area contributed by atoms with Crippen molar-refractivity contribution in [2.45, 2.75) is 57.9 Å². The summed E-state index contributed by atoms with van der Waals surface area (Å²) >= 11 is 0. The summed E-state index contributed by atoms with van der Waals surface area (Å²) < 4.78 is 11.2. The summed E-state index contributed by atoms with van der Waals surface area (Å²) in [6.07, 6.45) is 7.98. The van der Waals surface area contributed by atoms with Crippen molar-refractivity contribution in [3.63, 3.8) is 0 Å². The van der Waals surface area contributed by atoms with Gasteiger partial charge >= 0.3 is 0 Å². The fraction of sp³-hybridized carbons (Fsp3) is 0.696. The Morgan fingerprint density at radius 1 is 1.10 bits per heavy atom. The summed E-state index contributed by atoms with van der Waals surface area (Å²) in [5, 5.41) is 0. The molecule has 2 saturated heterocycles. The number of carbonyl (C=O) groups excluding carboxylic acids is 1. The van der Waals surface area contributed by atoms with Crippen molar-refractivity contribution in [2.24, 2.45) is 0 Å². The molecule has 1 amide bonds. The summed E-state index contributed by atoms with van der Waals surface area (Å²) in [5.74, 6) is 1.03. The van der Waals surface area contributed by atoms with Crippen molar-refractivity contribution in [2.75, 3.05) is 46.0 Å². The molecule has 1 unspecified atom stereocenters. The molecule has 0 saturated carbocycles. The highest BCUT2D eigenvalue weighted by molar-refractivity contribution is 5.94. The number of ether oxygens (including phenoxy) is 2. The zero-order valence-electron chi connectivity index (χ0n) is 17.8. The molecule has 1 aromatic carbocycles. The maximum atomic E-state index is 13.1. The van der Waals surface area contributed by atoms with E-state index < -0.39 is 0 Å². The number of benzene rings is 1. The van der Waals surface area contributed by atoms with Crippen LogP contribution in [-0.4, -0.2) is 67.7 Å². The maximum absolute atomic E-state index is 13.1. The van der Waals surface area contributed by atoms with E-state index in [1.165, 1.54) is 19.3 Å². The molecule has 164 valence electrons. The third-order valence-corrected chi connectivity index (χ3v) is 5.89. The Labute approximate surface area is 182 Å². The van der Waals surface area contributed by atoms with Crippen LogP contribution in [0.15, 0.2) is 24.3 Å². The van der Waals surface area contributed by atoms with Gasteiger partial charge in [-0.25, -0.2) is 0 Å². The van der Waals surface area contributed by atoms with Crippen LogP contribution in [0, 0.1) is 0 Å². The highest BCUT2D eigenvalue weighted by Crippen LogP contribution is 2.23. The molecule has 0 bridgehead atoms. The Hall–Kier alpha value is -1.30. The number of morpholine rings is 1. The Morgan fingerprint density at radius 2 is 1.86 bits per heavy atom. The first kappa shape index (κ1) is 24.0. The molecule has 29 heavy (non-hydrogen) atoms. The van der Waals surface area contributed by atoms with Gasteiger partial charge in [0.15, 0.2) is 0 Å². The van der Waals surface area contributed by atoms with E-state index in [-0.39, 0.29) is 18.3 Å². The van der Waals surface area contributed by atoms with Gasteiger partial charge in [-0.1, -0.05) is 19.8 Å². The average molecular weight is 425 g/mol. The summed E-state index contributed by atoms with van der Waals surface area (Å²) in [4.78, 5) is 17.7. The Bertz CT molecular complexity index is 590. The number of piperidine rings is 1. The zero-order chi connectivity index (χ0) is 19.6. The number of rotatable bonds is 9. The molecular weight excluding hydrogens is 388 g/mol. The average Bonchev–Trinajstić information content (AvgIpc) is 2.76. The molecule has 3 rings (SSSR count). The first-order valence-electron chi connectivity index (χ1n) is 11.1. The van der Waals surface area contributed by atoms with Crippen LogP contribution in [0.4, 0.5) is 0 Å². The second-order valence-corrected chi connectivity index (χ2v) is 7.97. The lowest BCUT2D eigenvalue weighted by Gasteiger charge is -2.37. The molecule has 2 fully saturated rings. The van der Waals surface area contributed by atoms with E-state index in [0.717, 1.165) is 83.0 Å². The monoisotopic (exact) mass is 424 g/mol. The van der Waals surface area contributed by atoms with Crippen LogP contribution in [0.5, 0.6) is 5.75 Å². The van der Waals surface area contributed by atoms with Crippen LogP contribution in [0.2, 0.25) is 0 Å². The van der Waals surface area contributed by atoms with Gasteiger partial charge < -0.3 is 14.4 Å². The highest BCUT2D eigenvalue weighted by Gasteiger charge is 2.28. The van der Waals surface area contributed by atoms with Crippen LogP contribution < -0.4 is 4.74 Å². The summed E-state index contributed by atoms with van der Waals surface area (Å²) in [7, 11) is 0. The van der Waals surface area contributed by atoms with Crippen molar-refractivity contribution in [1.82, 2.24) is 9.80 Å². The van der Waals surface area contributed by atoms with E-state index in [1.54, 1.807) is 0 Å². The molecule has 0 N–H and O–H groups in total. The van der Waals surface area contributed by atoms with Gasteiger partial charge in [0.2, 0.25) is 0 Å². The van der Waals surface area contributed by atoms with E-state index in [4.69, 9.17) is 9.47 Å². The van der Waals surface area contributed by atoms with Crippen molar-refractivity contribution >= 4 is 18.3 Å². The molecule has 0 radical (unpaired) electrons. The number of hydrogen-bond acceptors (Lipinski definition) is 4. The molecule has 1 aromatic rings. The van der Waals surface area contributed by atoms with Crippen LogP contribution >= 0.6 is 12.4 Å². The maximum Gasteiger partial charge on any atom is 0.254 e. The van der Waals surface area contributed by atoms with Gasteiger partial charge in [-0.15, -0.1) is 12.4 Å². The van der Waals surface area contributed by atoms with E-state index >= 15 is 0 Å². The SMILES string of the molecule is CCCCCOc1ccc(C(=O)N2CCCCC2CCN2CCOCC2)cc1.Cl. The lowest BCUT2D eigenvalue weighted by atomic mass is 9.97. The third kappa shape index (κ3) is 7.47. The topological polar surface area (TPSA) is 42.0 Å². The number of amides is 1. The quantitative estimate of drug-likeness (QED) is 0.551. The van der Waals surface area contributed by atoms with Gasteiger partial charge in [-0.3, -0.25) is 9.69 Å². The van der Waals surface area contributed by atoms with Gasteiger partial charge in [0, 0.05) is 37.8 Å². The van der Waals surface area contributed by atoms with E-state index in [9.17, 15) is 4.79 Å². The van der Waals surface area contributed by atoms with Crippen molar-refractivity contribution in [3.8, 4) is 5.75 Å². The number of unbranched alkanes of at least 4 members (excludes halogenated alkanes) is 2. The highest BCUT2D eigenvalue weighted by atomic mass is 35.5. The lowest BCUT2D eigenvalue weighted by molar-refractivity contribution is 0.0295. The first-order chi connectivity index (χ1) is 13.8. The van der Waals surface area contributed by atoms with E-state index in [0.29, 0.717) is 6.04 Å². The van der Waals surface area contributed by atoms with Gasteiger partial charge in [0.05, 0.1) is 19.8 Å². The molecule has 0 aromatic heterocycles. The lowest BCUT2D eigenvalue weighted by Crippen LogP contribution is -2.46. The van der Waals surface area contributed by atoms with Crippen LogP contribution in [0.25, 0.3) is 0 Å². The minimum Gasteiger partial charge on any atom is -0.494 e. The number of carbonyl (C=O) groups is 1. The predicted octanol–water partition coefficient (Wildman–Crippen LogP) is 4.39. The molecule has 1 atom stereocenters. The van der Waals surface area contributed by atoms with E-state index in [1.807, 2.05) is 24.3 Å². The molecule has 2 aliphatic heterocycles. The Kier molecular flexibility index (Phi) is 10.8. The molecule has 6 heteroatoms. The van der Waals surface area contributed by atoms with Crippen LogP contribution in [-0.2, 0) is 4.74 Å². The summed E-state index contributed by atoms with van der Waals surface area (Å²) in [5.41, 5.74) is 0.777. The number of nitrogens with zero attached hydrogens (tertiary/aromatic N) is 2. The number of halogens is 1. The standard InChI is InChI=1S/C23H36N2O3.ClH/c1-2-3-6-17-28-22-10-8-20(9-11-22)23(26)25-13-5-4-7-21(25)12-14-24-15-18-27-19-16-24;/h8-11,21H,2-7,12-19H2,1H3;1H. The molecule has 0 spiro atoms. The molecule has 0 aliphatic carbocycles.